The predicted octanol–water partition coefficient (Wildman–Crippen LogP) is 2.13. The summed E-state index contributed by atoms with van der Waals surface area (Å²) >= 11 is 0. The molecule has 0 unspecified atom stereocenters. The Morgan fingerprint density at radius 2 is 2.33 bits per heavy atom. The molecule has 2 aliphatic rings. The van der Waals surface area contributed by atoms with Crippen molar-refractivity contribution in [2.24, 2.45) is 23.7 Å². The number of carbonyl (C=O) groups is 1. The van der Waals surface area contributed by atoms with Crippen molar-refractivity contribution in [3.8, 4) is 6.07 Å². The number of esters is 1. The average Bonchev–Trinajstić information content (AvgIpc) is 2.81. The van der Waals surface area contributed by atoms with Gasteiger partial charge in [0.1, 0.15) is 5.92 Å². The molecule has 0 aliphatic heterocycles. The Morgan fingerprint density at radius 3 is 2.80 bits per heavy atom. The van der Waals surface area contributed by atoms with Gasteiger partial charge in [-0.05, 0) is 43.9 Å². The van der Waals surface area contributed by atoms with E-state index in [9.17, 15) is 4.79 Å². The highest BCUT2D eigenvalue weighted by atomic mass is 16.5. The van der Waals surface area contributed by atoms with E-state index in [-0.39, 0.29) is 11.9 Å². The third-order valence-electron chi connectivity index (χ3n) is 3.90. The Morgan fingerprint density at radius 1 is 1.53 bits per heavy atom. The molecule has 0 amide bonds. The minimum atomic E-state index is -0.514. The molecule has 0 aromatic rings. The van der Waals surface area contributed by atoms with E-state index in [1.165, 1.54) is 19.3 Å². The molecule has 2 saturated carbocycles. The van der Waals surface area contributed by atoms with Crippen molar-refractivity contribution in [2.75, 3.05) is 6.61 Å². The van der Waals surface area contributed by atoms with Crippen LogP contribution in [0.3, 0.4) is 0 Å². The van der Waals surface area contributed by atoms with Crippen LogP contribution >= 0.6 is 0 Å². The molecule has 0 radical (unpaired) electrons. The lowest BCUT2D eigenvalue weighted by molar-refractivity contribution is -0.148. The Balaban J connectivity index is 2.02. The van der Waals surface area contributed by atoms with Crippen LogP contribution in [-0.4, -0.2) is 12.6 Å². The maximum absolute atomic E-state index is 11.6. The van der Waals surface area contributed by atoms with Gasteiger partial charge < -0.3 is 4.74 Å². The smallest absolute Gasteiger partial charge is 0.323 e. The van der Waals surface area contributed by atoms with Crippen LogP contribution in [0.2, 0.25) is 0 Å². The summed E-state index contributed by atoms with van der Waals surface area (Å²) in [4.78, 5) is 11.6. The van der Waals surface area contributed by atoms with E-state index in [4.69, 9.17) is 10.00 Å². The van der Waals surface area contributed by atoms with Gasteiger partial charge >= 0.3 is 5.97 Å². The number of ether oxygens (including phenoxy) is 1. The minimum absolute atomic E-state index is 0.271. The molecule has 82 valence electrons. The highest BCUT2D eigenvalue weighted by molar-refractivity contribution is 5.75. The van der Waals surface area contributed by atoms with E-state index >= 15 is 0 Å². The number of nitrogens with zero attached hydrogens (tertiary/aromatic N) is 1. The molecule has 0 heterocycles. The van der Waals surface area contributed by atoms with E-state index < -0.39 is 5.92 Å². The third kappa shape index (κ3) is 1.86. The molecule has 3 heteroatoms. The Hall–Kier alpha value is -1.04. The van der Waals surface area contributed by atoms with Gasteiger partial charge in [0, 0.05) is 0 Å². The first-order valence-corrected chi connectivity index (χ1v) is 5.82. The first-order chi connectivity index (χ1) is 7.26. The monoisotopic (exact) mass is 207 g/mol. The van der Waals surface area contributed by atoms with Crippen molar-refractivity contribution in [3.05, 3.63) is 0 Å². The SMILES string of the molecule is CCOC(=O)[C@@H](C#N)[C@H]1C[C@H]2CC[C@H]1C2. The van der Waals surface area contributed by atoms with Crippen LogP contribution in [0.15, 0.2) is 0 Å². The van der Waals surface area contributed by atoms with Crippen LogP contribution in [0.5, 0.6) is 0 Å². The molecule has 2 rings (SSSR count). The van der Waals surface area contributed by atoms with Gasteiger partial charge in [-0.25, -0.2) is 0 Å². The summed E-state index contributed by atoms with van der Waals surface area (Å²) < 4.78 is 4.95. The standard InChI is InChI=1S/C12H17NO2/c1-2-15-12(14)11(7-13)10-6-8-3-4-9(10)5-8/h8-11H,2-6H2,1H3/t8-,9-,10-,11-/m0/s1. The lowest BCUT2D eigenvalue weighted by Crippen LogP contribution is -2.28. The molecule has 2 aliphatic carbocycles. The molecule has 4 atom stereocenters. The minimum Gasteiger partial charge on any atom is -0.465 e. The molecule has 3 nitrogen and oxygen atoms in total. The van der Waals surface area contributed by atoms with Crippen molar-refractivity contribution in [1.82, 2.24) is 0 Å². The van der Waals surface area contributed by atoms with Crippen LogP contribution in [0.1, 0.15) is 32.6 Å². The molecule has 15 heavy (non-hydrogen) atoms. The molecule has 0 aromatic carbocycles. The summed E-state index contributed by atoms with van der Waals surface area (Å²) in [6.07, 6.45) is 4.78. The zero-order chi connectivity index (χ0) is 10.8. The van der Waals surface area contributed by atoms with Gasteiger partial charge in [-0.2, -0.15) is 5.26 Å². The van der Waals surface area contributed by atoms with Crippen molar-refractivity contribution in [3.63, 3.8) is 0 Å². The van der Waals surface area contributed by atoms with Gasteiger partial charge in [0.15, 0.2) is 0 Å². The lowest BCUT2D eigenvalue weighted by atomic mass is 9.80. The Bertz CT molecular complexity index is 294. The summed E-state index contributed by atoms with van der Waals surface area (Å²) in [6.45, 7) is 2.16. The first kappa shape index (κ1) is 10.5. The third-order valence-corrected chi connectivity index (χ3v) is 3.90. The number of hydrogen-bond acceptors (Lipinski definition) is 3. The summed E-state index contributed by atoms with van der Waals surface area (Å²) in [5.74, 6) is 0.819. The fourth-order valence-electron chi connectivity index (χ4n) is 3.26. The summed E-state index contributed by atoms with van der Waals surface area (Å²) in [6, 6.07) is 2.14. The van der Waals surface area contributed by atoms with Crippen LogP contribution in [0.25, 0.3) is 0 Å². The molecule has 0 N–H and O–H groups in total. The number of fused-ring (bicyclic) bond motifs is 2. The fourth-order valence-corrected chi connectivity index (χ4v) is 3.26. The zero-order valence-electron chi connectivity index (χ0n) is 9.11. The second-order valence-electron chi connectivity index (χ2n) is 4.70. The highest BCUT2D eigenvalue weighted by Gasteiger charge is 2.45. The van der Waals surface area contributed by atoms with Crippen LogP contribution in [-0.2, 0) is 9.53 Å². The van der Waals surface area contributed by atoms with E-state index in [0.29, 0.717) is 12.5 Å². The average molecular weight is 207 g/mol. The van der Waals surface area contributed by atoms with Crippen molar-refractivity contribution in [1.29, 1.82) is 5.26 Å². The van der Waals surface area contributed by atoms with Gasteiger partial charge in [0.2, 0.25) is 0 Å². The Kier molecular flexibility index (Phi) is 2.95. The predicted molar refractivity (Wildman–Crippen MR) is 54.7 cm³/mol. The van der Waals surface area contributed by atoms with E-state index in [2.05, 4.69) is 6.07 Å². The van der Waals surface area contributed by atoms with E-state index in [0.717, 1.165) is 12.3 Å². The molecule has 0 aromatic heterocycles. The molecular weight excluding hydrogens is 190 g/mol. The topological polar surface area (TPSA) is 50.1 Å². The van der Waals surface area contributed by atoms with Gasteiger partial charge in [-0.3, -0.25) is 4.79 Å². The lowest BCUT2D eigenvalue weighted by Gasteiger charge is -2.24. The largest absolute Gasteiger partial charge is 0.465 e. The number of hydrogen-bond donors (Lipinski definition) is 0. The van der Waals surface area contributed by atoms with Gasteiger partial charge in [0.25, 0.3) is 0 Å². The van der Waals surface area contributed by atoms with Crippen molar-refractivity contribution >= 4 is 5.97 Å². The van der Waals surface area contributed by atoms with Crippen LogP contribution in [0, 0.1) is 35.0 Å². The first-order valence-electron chi connectivity index (χ1n) is 5.82. The normalized spacial score (nSPS) is 34.8. The second kappa shape index (κ2) is 4.22. The van der Waals surface area contributed by atoms with E-state index in [1.807, 2.05) is 0 Å². The molecule has 2 fully saturated rings. The van der Waals surface area contributed by atoms with Gasteiger partial charge in [-0.15, -0.1) is 0 Å². The summed E-state index contributed by atoms with van der Waals surface area (Å²) in [7, 11) is 0. The summed E-state index contributed by atoms with van der Waals surface area (Å²) in [5, 5.41) is 9.06. The summed E-state index contributed by atoms with van der Waals surface area (Å²) in [5.41, 5.74) is 0. The number of rotatable bonds is 3. The van der Waals surface area contributed by atoms with Crippen LogP contribution < -0.4 is 0 Å². The van der Waals surface area contributed by atoms with Gasteiger partial charge in [-0.1, -0.05) is 6.42 Å². The van der Waals surface area contributed by atoms with Crippen molar-refractivity contribution < 1.29 is 9.53 Å². The second-order valence-corrected chi connectivity index (χ2v) is 4.70. The Labute approximate surface area is 90.4 Å². The quantitative estimate of drug-likeness (QED) is 0.666. The maximum Gasteiger partial charge on any atom is 0.323 e. The molecule has 0 spiro atoms. The maximum atomic E-state index is 11.6. The molecular formula is C12H17NO2. The van der Waals surface area contributed by atoms with Gasteiger partial charge in [0.05, 0.1) is 12.7 Å². The number of carbonyl (C=O) groups excluding carboxylic acids is 1. The zero-order valence-corrected chi connectivity index (χ0v) is 9.11. The fraction of sp³-hybridized carbons (Fsp3) is 0.833. The molecule has 0 saturated heterocycles. The van der Waals surface area contributed by atoms with E-state index in [1.54, 1.807) is 6.92 Å². The highest BCUT2D eigenvalue weighted by Crippen LogP contribution is 2.51. The van der Waals surface area contributed by atoms with Crippen molar-refractivity contribution in [2.45, 2.75) is 32.6 Å². The molecule has 2 bridgehead atoms. The number of nitriles is 1. The van der Waals surface area contributed by atoms with Crippen LogP contribution in [0.4, 0.5) is 0 Å².